The van der Waals surface area contributed by atoms with Crippen LogP contribution in [0, 0.1) is 0 Å². The van der Waals surface area contributed by atoms with Crippen LogP contribution >= 0.6 is 0 Å². The smallest absolute Gasteiger partial charge is 0.255 e. The summed E-state index contributed by atoms with van der Waals surface area (Å²) in [6, 6.07) is 13.9. The molecule has 0 unspecified atom stereocenters. The van der Waals surface area contributed by atoms with Crippen LogP contribution in [0.3, 0.4) is 0 Å². The molecule has 0 radical (unpaired) electrons. The van der Waals surface area contributed by atoms with Gasteiger partial charge in [-0.25, -0.2) is 0 Å². The number of hydrogen-bond acceptors (Lipinski definition) is 3. The van der Waals surface area contributed by atoms with Gasteiger partial charge in [-0.1, -0.05) is 25.1 Å². The molecule has 4 heteroatoms. The van der Waals surface area contributed by atoms with Crippen LogP contribution in [0.4, 0.5) is 5.69 Å². The molecule has 4 nitrogen and oxygen atoms in total. The van der Waals surface area contributed by atoms with E-state index >= 15 is 0 Å². The van der Waals surface area contributed by atoms with E-state index in [1.807, 2.05) is 13.0 Å². The normalized spacial score (nSPS) is 10.1. The van der Waals surface area contributed by atoms with Gasteiger partial charge in [-0.05, 0) is 43.7 Å². The zero-order chi connectivity index (χ0) is 15.9. The maximum Gasteiger partial charge on any atom is 0.255 e. The van der Waals surface area contributed by atoms with Crippen molar-refractivity contribution in [2.75, 3.05) is 11.9 Å². The van der Waals surface area contributed by atoms with Crippen molar-refractivity contribution >= 4 is 17.4 Å². The molecule has 0 heterocycles. The van der Waals surface area contributed by atoms with Crippen LogP contribution in [-0.2, 0) is 0 Å². The third-order valence-electron chi connectivity index (χ3n) is 3.10. The highest BCUT2D eigenvalue weighted by molar-refractivity contribution is 6.05. The highest BCUT2D eigenvalue weighted by atomic mass is 16.5. The number of benzene rings is 2. The lowest BCUT2D eigenvalue weighted by Crippen LogP contribution is -2.12. The van der Waals surface area contributed by atoms with Crippen LogP contribution in [0.25, 0.3) is 0 Å². The fourth-order valence-electron chi connectivity index (χ4n) is 1.97. The van der Waals surface area contributed by atoms with Crippen molar-refractivity contribution in [1.29, 1.82) is 0 Å². The van der Waals surface area contributed by atoms with Gasteiger partial charge in [0, 0.05) is 16.8 Å². The number of rotatable bonds is 6. The van der Waals surface area contributed by atoms with Crippen LogP contribution in [0.1, 0.15) is 41.0 Å². The van der Waals surface area contributed by atoms with Gasteiger partial charge in [0.25, 0.3) is 5.91 Å². The van der Waals surface area contributed by atoms with E-state index in [1.165, 1.54) is 6.92 Å². The van der Waals surface area contributed by atoms with Crippen molar-refractivity contribution in [3.63, 3.8) is 0 Å². The lowest BCUT2D eigenvalue weighted by molar-refractivity contribution is 0.101. The molecule has 0 atom stereocenters. The number of carbonyl (C=O) groups excluding carboxylic acids is 2. The molecular formula is C18H19NO3. The molecule has 22 heavy (non-hydrogen) atoms. The van der Waals surface area contributed by atoms with Gasteiger partial charge >= 0.3 is 0 Å². The van der Waals surface area contributed by atoms with Crippen LogP contribution < -0.4 is 10.1 Å². The Bertz CT molecular complexity index is 680. The Labute approximate surface area is 130 Å². The fourth-order valence-corrected chi connectivity index (χ4v) is 1.97. The number of anilines is 1. The largest absolute Gasteiger partial charge is 0.494 e. The number of ketones is 1. The zero-order valence-corrected chi connectivity index (χ0v) is 12.8. The Kier molecular flexibility index (Phi) is 5.31. The first-order valence-electron chi connectivity index (χ1n) is 7.25. The first kappa shape index (κ1) is 15.8. The number of nitrogens with one attached hydrogen (secondary N) is 1. The highest BCUT2D eigenvalue weighted by Crippen LogP contribution is 2.16. The first-order valence-corrected chi connectivity index (χ1v) is 7.25. The predicted molar refractivity (Wildman–Crippen MR) is 86.6 cm³/mol. The molecule has 2 rings (SSSR count). The molecule has 0 saturated heterocycles. The van der Waals surface area contributed by atoms with Crippen LogP contribution in [0.15, 0.2) is 48.5 Å². The third kappa shape index (κ3) is 4.19. The summed E-state index contributed by atoms with van der Waals surface area (Å²) in [6.07, 6.45) is 0.911. The molecule has 0 aromatic heterocycles. The van der Waals surface area contributed by atoms with Crippen molar-refractivity contribution in [2.24, 2.45) is 0 Å². The zero-order valence-electron chi connectivity index (χ0n) is 12.8. The average molecular weight is 297 g/mol. The summed E-state index contributed by atoms with van der Waals surface area (Å²) in [5, 5.41) is 2.79. The minimum atomic E-state index is -0.234. The third-order valence-corrected chi connectivity index (χ3v) is 3.10. The number of hydrogen-bond donors (Lipinski definition) is 1. The lowest BCUT2D eigenvalue weighted by Gasteiger charge is -2.08. The van der Waals surface area contributed by atoms with Gasteiger partial charge in [0.1, 0.15) is 5.75 Å². The van der Waals surface area contributed by atoms with Gasteiger partial charge in [-0.2, -0.15) is 0 Å². The Balaban J connectivity index is 2.12. The van der Waals surface area contributed by atoms with Crippen molar-refractivity contribution in [3.8, 4) is 5.75 Å². The Hall–Kier alpha value is -2.62. The molecule has 1 N–H and O–H groups in total. The maximum atomic E-state index is 12.3. The summed E-state index contributed by atoms with van der Waals surface area (Å²) in [6.45, 7) is 4.14. The second kappa shape index (κ2) is 7.41. The molecule has 0 saturated carbocycles. The summed E-state index contributed by atoms with van der Waals surface area (Å²) in [4.78, 5) is 23.6. The minimum Gasteiger partial charge on any atom is -0.494 e. The van der Waals surface area contributed by atoms with E-state index in [0.29, 0.717) is 29.2 Å². The SMILES string of the molecule is CCCOc1cccc(C(=O)Nc2cccc(C(C)=O)c2)c1. The van der Waals surface area contributed by atoms with E-state index in [4.69, 9.17) is 4.74 Å². The number of Topliss-reactive ketones (excluding diaryl/α,β-unsaturated/α-hetero) is 1. The number of carbonyl (C=O) groups is 2. The van der Waals surface area contributed by atoms with E-state index in [9.17, 15) is 9.59 Å². The molecule has 2 aromatic carbocycles. The summed E-state index contributed by atoms with van der Waals surface area (Å²) in [7, 11) is 0. The van der Waals surface area contributed by atoms with E-state index in [0.717, 1.165) is 6.42 Å². The van der Waals surface area contributed by atoms with E-state index in [1.54, 1.807) is 42.5 Å². The van der Waals surface area contributed by atoms with Gasteiger partial charge in [0.05, 0.1) is 6.61 Å². The van der Waals surface area contributed by atoms with Crippen molar-refractivity contribution in [3.05, 3.63) is 59.7 Å². The van der Waals surface area contributed by atoms with Crippen LogP contribution in [-0.4, -0.2) is 18.3 Å². The van der Waals surface area contributed by atoms with Gasteiger partial charge < -0.3 is 10.1 Å². The van der Waals surface area contributed by atoms with E-state index < -0.39 is 0 Å². The van der Waals surface area contributed by atoms with Crippen molar-refractivity contribution < 1.29 is 14.3 Å². The number of amides is 1. The molecule has 0 fully saturated rings. The van der Waals surface area contributed by atoms with E-state index in [-0.39, 0.29) is 11.7 Å². The quantitative estimate of drug-likeness (QED) is 0.822. The van der Waals surface area contributed by atoms with Gasteiger partial charge in [0.15, 0.2) is 5.78 Å². The highest BCUT2D eigenvalue weighted by Gasteiger charge is 2.08. The summed E-state index contributed by atoms with van der Waals surface area (Å²) >= 11 is 0. The second-order valence-electron chi connectivity index (χ2n) is 4.97. The minimum absolute atomic E-state index is 0.0361. The van der Waals surface area contributed by atoms with Gasteiger partial charge in [0.2, 0.25) is 0 Å². The maximum absolute atomic E-state index is 12.3. The Morgan fingerprint density at radius 1 is 1.05 bits per heavy atom. The summed E-state index contributed by atoms with van der Waals surface area (Å²) in [5.41, 5.74) is 1.68. The van der Waals surface area contributed by atoms with Gasteiger partial charge in [-0.15, -0.1) is 0 Å². The lowest BCUT2D eigenvalue weighted by atomic mass is 10.1. The average Bonchev–Trinajstić information content (AvgIpc) is 2.53. The first-order chi connectivity index (χ1) is 10.6. The Morgan fingerprint density at radius 2 is 1.77 bits per heavy atom. The van der Waals surface area contributed by atoms with Crippen molar-refractivity contribution in [1.82, 2.24) is 0 Å². The predicted octanol–water partition coefficient (Wildman–Crippen LogP) is 3.93. The molecule has 0 aliphatic heterocycles. The van der Waals surface area contributed by atoms with E-state index in [2.05, 4.69) is 5.32 Å². The fraction of sp³-hybridized carbons (Fsp3) is 0.222. The van der Waals surface area contributed by atoms with Crippen LogP contribution in [0.2, 0.25) is 0 Å². The monoisotopic (exact) mass is 297 g/mol. The topological polar surface area (TPSA) is 55.4 Å². The second-order valence-corrected chi connectivity index (χ2v) is 4.97. The standard InChI is InChI=1S/C18H19NO3/c1-3-10-22-17-9-5-7-15(12-17)18(21)19-16-8-4-6-14(11-16)13(2)20/h4-9,11-12H,3,10H2,1-2H3,(H,19,21). The van der Waals surface area contributed by atoms with Crippen molar-refractivity contribution in [2.45, 2.75) is 20.3 Å². The molecular weight excluding hydrogens is 278 g/mol. The molecule has 0 aliphatic rings. The summed E-state index contributed by atoms with van der Waals surface area (Å²) in [5.74, 6) is 0.403. The summed E-state index contributed by atoms with van der Waals surface area (Å²) < 4.78 is 5.52. The molecule has 114 valence electrons. The molecule has 0 bridgehead atoms. The van der Waals surface area contributed by atoms with Crippen LogP contribution in [0.5, 0.6) is 5.75 Å². The molecule has 0 spiro atoms. The molecule has 1 amide bonds. The number of ether oxygens (including phenoxy) is 1. The van der Waals surface area contributed by atoms with Gasteiger partial charge in [-0.3, -0.25) is 9.59 Å². The molecule has 0 aliphatic carbocycles. The molecule has 2 aromatic rings. The Morgan fingerprint density at radius 3 is 2.50 bits per heavy atom.